The van der Waals surface area contributed by atoms with Gasteiger partial charge in [0.15, 0.2) is 5.75 Å². The molecular formula is C19H16FN3O5. The summed E-state index contributed by atoms with van der Waals surface area (Å²) in [5.74, 6) is -0.833. The van der Waals surface area contributed by atoms with E-state index in [1.165, 1.54) is 47.3 Å². The highest BCUT2D eigenvalue weighted by molar-refractivity contribution is 5.90. The third-order valence-electron chi connectivity index (χ3n) is 3.78. The van der Waals surface area contributed by atoms with Crippen molar-refractivity contribution in [3.8, 4) is 11.4 Å². The summed E-state index contributed by atoms with van der Waals surface area (Å²) in [6.45, 7) is 1.93. The van der Waals surface area contributed by atoms with Crippen molar-refractivity contribution >= 4 is 11.7 Å². The molecular weight excluding hydrogens is 369 g/mol. The molecule has 1 aromatic heterocycles. The fraction of sp³-hybridized carbons (Fsp3) is 0.158. The predicted octanol–water partition coefficient (Wildman–Crippen LogP) is 3.68. The molecule has 0 amide bonds. The zero-order valence-corrected chi connectivity index (χ0v) is 14.9. The Morgan fingerprint density at radius 3 is 2.46 bits per heavy atom. The summed E-state index contributed by atoms with van der Waals surface area (Å²) in [5.41, 5.74) is 1.13. The molecule has 0 saturated heterocycles. The summed E-state index contributed by atoms with van der Waals surface area (Å²) < 4.78 is 25.1. The Morgan fingerprint density at radius 1 is 1.18 bits per heavy atom. The molecule has 0 aliphatic heterocycles. The molecule has 9 heteroatoms. The van der Waals surface area contributed by atoms with Crippen LogP contribution in [0.4, 0.5) is 10.1 Å². The Hall–Kier alpha value is -3.75. The number of benzene rings is 2. The number of halogens is 1. The third kappa shape index (κ3) is 4.32. The van der Waals surface area contributed by atoms with Crippen LogP contribution in [0.3, 0.4) is 0 Å². The standard InChI is InChI=1S/C19H16FN3O5/c1-2-27-19(24)18-17(28-12-13-3-5-14(20)6-4-13)11-22(21-18)15-7-9-16(10-8-15)23(25)26/h3-11H,2,12H2,1H3. The van der Waals surface area contributed by atoms with Gasteiger partial charge in [-0.2, -0.15) is 5.10 Å². The molecule has 0 saturated carbocycles. The summed E-state index contributed by atoms with van der Waals surface area (Å²) in [6.07, 6.45) is 1.48. The summed E-state index contributed by atoms with van der Waals surface area (Å²) in [6, 6.07) is 11.4. The zero-order chi connectivity index (χ0) is 20.1. The summed E-state index contributed by atoms with van der Waals surface area (Å²) in [7, 11) is 0. The molecule has 0 radical (unpaired) electrons. The van der Waals surface area contributed by atoms with E-state index in [-0.39, 0.29) is 36.2 Å². The van der Waals surface area contributed by atoms with Crippen molar-refractivity contribution in [1.82, 2.24) is 9.78 Å². The Balaban J connectivity index is 1.87. The number of carbonyl (C=O) groups is 1. The molecule has 0 bridgehead atoms. The van der Waals surface area contributed by atoms with E-state index in [1.807, 2.05) is 0 Å². The number of carbonyl (C=O) groups excluding carboxylic acids is 1. The first-order valence-corrected chi connectivity index (χ1v) is 8.36. The number of nitro benzene ring substituents is 1. The molecule has 8 nitrogen and oxygen atoms in total. The highest BCUT2D eigenvalue weighted by Gasteiger charge is 2.20. The van der Waals surface area contributed by atoms with Crippen molar-refractivity contribution in [2.75, 3.05) is 6.61 Å². The first-order valence-electron chi connectivity index (χ1n) is 8.36. The maximum Gasteiger partial charge on any atom is 0.362 e. The number of hydrogen-bond donors (Lipinski definition) is 0. The van der Waals surface area contributed by atoms with Crippen LogP contribution in [0, 0.1) is 15.9 Å². The predicted molar refractivity (Wildman–Crippen MR) is 96.9 cm³/mol. The van der Waals surface area contributed by atoms with Crippen LogP contribution in [0.5, 0.6) is 5.75 Å². The molecule has 3 aromatic rings. The lowest BCUT2D eigenvalue weighted by molar-refractivity contribution is -0.384. The van der Waals surface area contributed by atoms with Crippen LogP contribution in [-0.2, 0) is 11.3 Å². The smallest absolute Gasteiger partial charge is 0.362 e. The van der Waals surface area contributed by atoms with E-state index in [2.05, 4.69) is 5.10 Å². The van der Waals surface area contributed by atoms with Crippen LogP contribution in [-0.4, -0.2) is 27.3 Å². The number of esters is 1. The maximum absolute atomic E-state index is 13.0. The maximum atomic E-state index is 13.0. The van der Waals surface area contributed by atoms with Crippen LogP contribution in [0.1, 0.15) is 23.0 Å². The van der Waals surface area contributed by atoms with Gasteiger partial charge in [0.25, 0.3) is 5.69 Å². The van der Waals surface area contributed by atoms with Crippen molar-refractivity contribution in [2.24, 2.45) is 0 Å². The second-order valence-corrected chi connectivity index (χ2v) is 5.70. The Bertz CT molecular complexity index is 984. The monoisotopic (exact) mass is 385 g/mol. The molecule has 0 aliphatic carbocycles. The van der Waals surface area contributed by atoms with E-state index in [9.17, 15) is 19.3 Å². The summed E-state index contributed by atoms with van der Waals surface area (Å²) >= 11 is 0. The van der Waals surface area contributed by atoms with Crippen molar-refractivity contribution in [2.45, 2.75) is 13.5 Å². The molecule has 0 N–H and O–H groups in total. The van der Waals surface area contributed by atoms with Gasteiger partial charge >= 0.3 is 5.97 Å². The van der Waals surface area contributed by atoms with Crippen molar-refractivity contribution in [1.29, 1.82) is 0 Å². The largest absolute Gasteiger partial charge is 0.485 e. The lowest BCUT2D eigenvalue weighted by Gasteiger charge is -2.05. The molecule has 0 spiro atoms. The molecule has 0 aliphatic rings. The fourth-order valence-corrected chi connectivity index (χ4v) is 2.41. The molecule has 0 unspecified atom stereocenters. The highest BCUT2D eigenvalue weighted by atomic mass is 19.1. The van der Waals surface area contributed by atoms with E-state index in [1.54, 1.807) is 19.1 Å². The Morgan fingerprint density at radius 2 is 1.86 bits per heavy atom. The number of hydrogen-bond acceptors (Lipinski definition) is 6. The van der Waals surface area contributed by atoms with Gasteiger partial charge in [0.05, 0.1) is 23.4 Å². The van der Waals surface area contributed by atoms with Gasteiger partial charge in [0.1, 0.15) is 12.4 Å². The van der Waals surface area contributed by atoms with E-state index in [0.717, 1.165) is 0 Å². The molecule has 3 rings (SSSR count). The second kappa shape index (κ2) is 8.30. The quantitative estimate of drug-likeness (QED) is 0.350. The van der Waals surface area contributed by atoms with Crippen molar-refractivity contribution in [3.05, 3.63) is 81.9 Å². The third-order valence-corrected chi connectivity index (χ3v) is 3.78. The number of nitrogens with zero attached hydrogens (tertiary/aromatic N) is 3. The van der Waals surface area contributed by atoms with E-state index >= 15 is 0 Å². The van der Waals surface area contributed by atoms with Gasteiger partial charge in [0, 0.05) is 12.1 Å². The van der Waals surface area contributed by atoms with Gasteiger partial charge in [-0.1, -0.05) is 12.1 Å². The van der Waals surface area contributed by atoms with E-state index in [0.29, 0.717) is 11.3 Å². The summed E-state index contributed by atoms with van der Waals surface area (Å²) in [5, 5.41) is 15.0. The van der Waals surface area contributed by atoms with Gasteiger partial charge in [0.2, 0.25) is 5.69 Å². The van der Waals surface area contributed by atoms with Crippen LogP contribution in [0.2, 0.25) is 0 Å². The minimum absolute atomic E-state index is 0.0256. The molecule has 0 fully saturated rings. The number of non-ortho nitro benzene ring substituents is 1. The summed E-state index contributed by atoms with van der Waals surface area (Å²) in [4.78, 5) is 22.5. The van der Waals surface area contributed by atoms with Gasteiger partial charge < -0.3 is 9.47 Å². The molecule has 2 aromatic carbocycles. The lowest BCUT2D eigenvalue weighted by Crippen LogP contribution is -2.08. The van der Waals surface area contributed by atoms with Crippen LogP contribution >= 0.6 is 0 Å². The zero-order valence-electron chi connectivity index (χ0n) is 14.9. The van der Waals surface area contributed by atoms with Crippen molar-refractivity contribution < 1.29 is 23.6 Å². The second-order valence-electron chi connectivity index (χ2n) is 5.70. The Kier molecular flexibility index (Phi) is 5.64. The lowest BCUT2D eigenvalue weighted by atomic mass is 10.2. The van der Waals surface area contributed by atoms with Crippen LogP contribution in [0.15, 0.2) is 54.7 Å². The van der Waals surface area contributed by atoms with Gasteiger partial charge in [-0.15, -0.1) is 0 Å². The number of rotatable bonds is 7. The van der Waals surface area contributed by atoms with Crippen LogP contribution < -0.4 is 4.74 Å². The van der Waals surface area contributed by atoms with Gasteiger partial charge in [-0.25, -0.2) is 13.9 Å². The van der Waals surface area contributed by atoms with E-state index in [4.69, 9.17) is 9.47 Å². The SMILES string of the molecule is CCOC(=O)c1nn(-c2ccc([N+](=O)[O-])cc2)cc1OCc1ccc(F)cc1. The average Bonchev–Trinajstić information content (AvgIpc) is 3.12. The topological polar surface area (TPSA) is 96.5 Å². The van der Waals surface area contributed by atoms with Crippen molar-refractivity contribution in [3.63, 3.8) is 0 Å². The van der Waals surface area contributed by atoms with Crippen LogP contribution in [0.25, 0.3) is 5.69 Å². The van der Waals surface area contributed by atoms with Gasteiger partial charge in [-0.05, 0) is 36.8 Å². The average molecular weight is 385 g/mol. The molecule has 28 heavy (non-hydrogen) atoms. The molecule has 144 valence electrons. The first-order chi connectivity index (χ1) is 13.5. The minimum Gasteiger partial charge on any atom is -0.485 e. The van der Waals surface area contributed by atoms with E-state index < -0.39 is 10.9 Å². The first kappa shape index (κ1) is 19.0. The van der Waals surface area contributed by atoms with Gasteiger partial charge in [-0.3, -0.25) is 10.1 Å². The number of ether oxygens (including phenoxy) is 2. The minimum atomic E-state index is -0.655. The highest BCUT2D eigenvalue weighted by Crippen LogP contribution is 2.23. The normalized spacial score (nSPS) is 10.5. The fourth-order valence-electron chi connectivity index (χ4n) is 2.41. The number of nitro groups is 1. The number of aromatic nitrogens is 2. The Labute approximate surface area is 159 Å². The molecule has 0 atom stereocenters. The molecule has 1 heterocycles.